The summed E-state index contributed by atoms with van der Waals surface area (Å²) in [4.78, 5) is 12.1. The van der Waals surface area contributed by atoms with Gasteiger partial charge < -0.3 is 10.2 Å². The Hall–Kier alpha value is -0.670. The highest BCUT2D eigenvalue weighted by Gasteiger charge is 2.39. The third-order valence-electron chi connectivity index (χ3n) is 5.01. The quantitative estimate of drug-likeness (QED) is 0.413. The molecule has 0 aromatic rings. The third-order valence-corrected chi connectivity index (χ3v) is 5.01. The van der Waals surface area contributed by atoms with Crippen LogP contribution in [-0.2, 0) is 4.79 Å². The van der Waals surface area contributed by atoms with Crippen molar-refractivity contribution in [3.8, 4) is 0 Å². The molecule has 1 fully saturated rings. The lowest BCUT2D eigenvalue weighted by Gasteiger charge is -2.18. The van der Waals surface area contributed by atoms with E-state index in [-0.39, 0.29) is 24.0 Å². The van der Waals surface area contributed by atoms with Gasteiger partial charge >= 0.3 is 0 Å². The number of Topliss-reactive ketones (excluding diaryl/α,β-unsaturated/α-hetero) is 1. The van der Waals surface area contributed by atoms with Crippen LogP contribution < -0.4 is 0 Å². The van der Waals surface area contributed by atoms with Gasteiger partial charge in [-0.3, -0.25) is 4.79 Å². The van der Waals surface area contributed by atoms with E-state index >= 15 is 0 Å². The number of carbonyl (C=O) groups is 1. The van der Waals surface area contributed by atoms with Gasteiger partial charge in [-0.1, -0.05) is 77.4 Å². The van der Waals surface area contributed by atoms with E-state index in [0.29, 0.717) is 0 Å². The van der Waals surface area contributed by atoms with Crippen molar-refractivity contribution < 1.29 is 15.0 Å². The van der Waals surface area contributed by atoms with Crippen LogP contribution in [0.2, 0.25) is 0 Å². The molecule has 134 valence electrons. The molecule has 0 heterocycles. The summed E-state index contributed by atoms with van der Waals surface area (Å²) in [7, 11) is 0. The first kappa shape index (κ1) is 20.4. The highest BCUT2D eigenvalue weighted by Crippen LogP contribution is 2.34. The number of rotatable bonds is 12. The van der Waals surface area contributed by atoms with Gasteiger partial charge in [-0.2, -0.15) is 0 Å². The molecule has 1 unspecified atom stereocenters. The molecule has 0 aliphatic heterocycles. The van der Waals surface area contributed by atoms with Gasteiger partial charge in [0, 0.05) is 18.3 Å². The van der Waals surface area contributed by atoms with Gasteiger partial charge in [-0.15, -0.1) is 0 Å². The van der Waals surface area contributed by atoms with E-state index in [1.165, 1.54) is 25.7 Å². The van der Waals surface area contributed by atoms with Crippen LogP contribution in [0.4, 0.5) is 0 Å². The molecule has 1 saturated carbocycles. The molecule has 0 amide bonds. The fourth-order valence-corrected chi connectivity index (χ4v) is 3.52. The zero-order valence-corrected chi connectivity index (χ0v) is 15.0. The maximum absolute atomic E-state index is 12.1. The van der Waals surface area contributed by atoms with Gasteiger partial charge in [0.1, 0.15) is 5.78 Å². The molecule has 3 nitrogen and oxygen atoms in total. The smallest absolute Gasteiger partial charge is 0.139 e. The maximum Gasteiger partial charge on any atom is 0.139 e. The standard InChI is InChI=1S/C20H36O3/c1-3-5-7-8-10-12-17-18(20(23)15-19(17)22)14-13-16(21)11-9-6-4-2/h13-14,16-18,20-21,23H,3-12,15H2,1-2H3/b14-13+/t16-,17+,18?,20+/m0/s1. The highest BCUT2D eigenvalue weighted by molar-refractivity contribution is 5.84. The summed E-state index contributed by atoms with van der Waals surface area (Å²) in [5, 5.41) is 20.1. The van der Waals surface area contributed by atoms with Crippen molar-refractivity contribution in [3.05, 3.63) is 12.2 Å². The SMILES string of the molecule is CCCCCCC[C@H]1C(=O)C[C@@H](O)C1/C=C/[C@@H](O)CCCCC. The minimum atomic E-state index is -0.567. The number of hydrogen-bond acceptors (Lipinski definition) is 3. The summed E-state index contributed by atoms with van der Waals surface area (Å²) in [6.07, 6.45) is 13.9. The van der Waals surface area contributed by atoms with E-state index < -0.39 is 12.2 Å². The van der Waals surface area contributed by atoms with E-state index in [0.717, 1.165) is 38.5 Å². The molecule has 3 heteroatoms. The monoisotopic (exact) mass is 324 g/mol. The van der Waals surface area contributed by atoms with Gasteiger partial charge in [0.25, 0.3) is 0 Å². The Morgan fingerprint density at radius 2 is 1.74 bits per heavy atom. The van der Waals surface area contributed by atoms with Gasteiger partial charge in [-0.05, 0) is 12.8 Å². The zero-order chi connectivity index (χ0) is 17.1. The van der Waals surface area contributed by atoms with Crippen molar-refractivity contribution in [2.24, 2.45) is 11.8 Å². The number of aliphatic hydroxyl groups is 2. The van der Waals surface area contributed by atoms with E-state index in [1.54, 1.807) is 6.08 Å². The van der Waals surface area contributed by atoms with Crippen molar-refractivity contribution in [2.45, 2.75) is 96.7 Å². The normalized spacial score (nSPS) is 26.3. The Balaban J connectivity index is 2.43. The van der Waals surface area contributed by atoms with Crippen molar-refractivity contribution in [1.29, 1.82) is 0 Å². The number of carbonyl (C=O) groups excluding carboxylic acids is 1. The van der Waals surface area contributed by atoms with Crippen molar-refractivity contribution >= 4 is 5.78 Å². The topological polar surface area (TPSA) is 57.5 Å². The Morgan fingerprint density at radius 1 is 1.09 bits per heavy atom. The summed E-state index contributed by atoms with van der Waals surface area (Å²) in [6.45, 7) is 4.34. The Bertz CT molecular complexity index is 351. The van der Waals surface area contributed by atoms with Crippen LogP contribution in [0.25, 0.3) is 0 Å². The fourth-order valence-electron chi connectivity index (χ4n) is 3.52. The van der Waals surface area contributed by atoms with E-state index in [9.17, 15) is 15.0 Å². The molecule has 23 heavy (non-hydrogen) atoms. The summed E-state index contributed by atoms with van der Waals surface area (Å²) in [5.41, 5.74) is 0. The fraction of sp³-hybridized carbons (Fsp3) is 0.850. The molecule has 1 aliphatic rings. The molecule has 4 atom stereocenters. The summed E-state index contributed by atoms with van der Waals surface area (Å²) in [5.74, 6) is 0.0448. The average Bonchev–Trinajstić information content (AvgIpc) is 2.79. The van der Waals surface area contributed by atoms with Gasteiger partial charge in [-0.25, -0.2) is 0 Å². The summed E-state index contributed by atoms with van der Waals surface area (Å²) >= 11 is 0. The minimum Gasteiger partial charge on any atom is -0.392 e. The molecular weight excluding hydrogens is 288 g/mol. The first-order valence-corrected chi connectivity index (χ1v) is 9.67. The number of unbranched alkanes of at least 4 members (excludes halogenated alkanes) is 6. The van der Waals surface area contributed by atoms with Crippen molar-refractivity contribution in [2.75, 3.05) is 0 Å². The molecule has 0 saturated heterocycles. The first-order valence-electron chi connectivity index (χ1n) is 9.67. The van der Waals surface area contributed by atoms with Gasteiger partial charge in [0.2, 0.25) is 0 Å². The van der Waals surface area contributed by atoms with E-state index in [4.69, 9.17) is 0 Å². The molecule has 0 aromatic heterocycles. The van der Waals surface area contributed by atoms with Crippen molar-refractivity contribution in [3.63, 3.8) is 0 Å². The molecule has 0 bridgehead atoms. The number of aliphatic hydroxyl groups excluding tert-OH is 2. The lowest BCUT2D eigenvalue weighted by atomic mass is 9.88. The lowest BCUT2D eigenvalue weighted by Crippen LogP contribution is -2.19. The summed E-state index contributed by atoms with van der Waals surface area (Å²) < 4.78 is 0. The Kier molecular flexibility index (Phi) is 10.5. The molecule has 0 spiro atoms. The number of hydrogen-bond donors (Lipinski definition) is 2. The predicted molar refractivity (Wildman–Crippen MR) is 95.3 cm³/mol. The van der Waals surface area contributed by atoms with Crippen LogP contribution in [0, 0.1) is 11.8 Å². The third kappa shape index (κ3) is 7.63. The molecule has 0 aromatic carbocycles. The van der Waals surface area contributed by atoms with Crippen LogP contribution in [0.5, 0.6) is 0 Å². The van der Waals surface area contributed by atoms with Gasteiger partial charge in [0.15, 0.2) is 0 Å². The van der Waals surface area contributed by atoms with E-state index in [1.807, 2.05) is 6.08 Å². The average molecular weight is 325 g/mol. The second-order valence-electron chi connectivity index (χ2n) is 7.07. The lowest BCUT2D eigenvalue weighted by molar-refractivity contribution is -0.121. The van der Waals surface area contributed by atoms with Gasteiger partial charge in [0.05, 0.1) is 12.2 Å². The maximum atomic E-state index is 12.1. The second-order valence-corrected chi connectivity index (χ2v) is 7.07. The molecule has 0 radical (unpaired) electrons. The Labute approximate surface area is 142 Å². The minimum absolute atomic E-state index is 0.0503. The molecular formula is C20H36O3. The molecule has 1 aliphatic carbocycles. The first-order chi connectivity index (χ1) is 11.1. The highest BCUT2D eigenvalue weighted by atomic mass is 16.3. The van der Waals surface area contributed by atoms with Crippen LogP contribution in [0.3, 0.4) is 0 Å². The molecule has 2 N–H and O–H groups in total. The van der Waals surface area contributed by atoms with Crippen LogP contribution in [0.1, 0.15) is 84.5 Å². The predicted octanol–water partition coefficient (Wildman–Crippen LogP) is 4.41. The summed E-state index contributed by atoms with van der Waals surface area (Å²) in [6, 6.07) is 0. The second kappa shape index (κ2) is 11.8. The van der Waals surface area contributed by atoms with E-state index in [2.05, 4.69) is 13.8 Å². The van der Waals surface area contributed by atoms with Crippen LogP contribution in [-0.4, -0.2) is 28.2 Å². The number of ketones is 1. The molecule has 1 rings (SSSR count). The largest absolute Gasteiger partial charge is 0.392 e. The van der Waals surface area contributed by atoms with Crippen molar-refractivity contribution in [1.82, 2.24) is 0 Å². The Morgan fingerprint density at radius 3 is 2.43 bits per heavy atom. The van der Waals surface area contributed by atoms with Crippen LogP contribution >= 0.6 is 0 Å². The van der Waals surface area contributed by atoms with Crippen LogP contribution in [0.15, 0.2) is 12.2 Å². The zero-order valence-electron chi connectivity index (χ0n) is 15.0.